The highest BCUT2D eigenvalue weighted by Gasteiger charge is 2.30. The molecule has 5 nitrogen and oxygen atoms in total. The summed E-state index contributed by atoms with van der Waals surface area (Å²) < 4.78 is 0. The Morgan fingerprint density at radius 2 is 1.77 bits per heavy atom. The Kier molecular flexibility index (Phi) is 7.33. The van der Waals surface area contributed by atoms with Crippen molar-refractivity contribution >= 4 is 11.8 Å². The SMILES string of the molecule is CCC(CC)(CO)CNC(=O)C1CCN(C(=O)C(C)C)CC1. The molecule has 0 atom stereocenters. The lowest BCUT2D eigenvalue weighted by Crippen LogP contribution is -2.46. The van der Waals surface area contributed by atoms with Crippen LogP contribution >= 0.6 is 0 Å². The zero-order valence-corrected chi connectivity index (χ0v) is 14.5. The number of carbonyl (C=O) groups excluding carboxylic acids is 2. The number of hydrogen-bond acceptors (Lipinski definition) is 3. The summed E-state index contributed by atoms with van der Waals surface area (Å²) in [6.07, 6.45) is 3.16. The minimum Gasteiger partial charge on any atom is -0.396 e. The van der Waals surface area contributed by atoms with Crippen LogP contribution in [0.1, 0.15) is 53.4 Å². The van der Waals surface area contributed by atoms with E-state index in [0.29, 0.717) is 19.6 Å². The summed E-state index contributed by atoms with van der Waals surface area (Å²) in [7, 11) is 0. The van der Waals surface area contributed by atoms with Crippen molar-refractivity contribution in [2.75, 3.05) is 26.2 Å². The molecule has 0 spiro atoms. The van der Waals surface area contributed by atoms with Crippen molar-refractivity contribution in [1.29, 1.82) is 0 Å². The maximum absolute atomic E-state index is 12.3. The highest BCUT2D eigenvalue weighted by Crippen LogP contribution is 2.25. The first kappa shape index (κ1) is 18.9. The average Bonchev–Trinajstić information content (AvgIpc) is 2.55. The Balaban J connectivity index is 2.44. The molecule has 1 rings (SSSR count). The minimum atomic E-state index is -0.204. The largest absolute Gasteiger partial charge is 0.396 e. The molecule has 1 aliphatic rings. The first-order chi connectivity index (χ1) is 10.4. The molecule has 128 valence electrons. The van der Waals surface area contributed by atoms with Crippen molar-refractivity contribution in [3.8, 4) is 0 Å². The van der Waals surface area contributed by atoms with Gasteiger partial charge in [-0.15, -0.1) is 0 Å². The third-order valence-electron chi connectivity index (χ3n) is 5.14. The first-order valence-electron chi connectivity index (χ1n) is 8.56. The maximum atomic E-state index is 12.3. The van der Waals surface area contributed by atoms with Crippen LogP contribution in [0.25, 0.3) is 0 Å². The lowest BCUT2D eigenvalue weighted by molar-refractivity contribution is -0.138. The van der Waals surface area contributed by atoms with Gasteiger partial charge in [0.15, 0.2) is 0 Å². The van der Waals surface area contributed by atoms with Gasteiger partial charge in [-0.2, -0.15) is 0 Å². The molecule has 5 heteroatoms. The Morgan fingerprint density at radius 3 is 2.18 bits per heavy atom. The van der Waals surface area contributed by atoms with Crippen molar-refractivity contribution in [3.63, 3.8) is 0 Å². The van der Waals surface area contributed by atoms with Crippen LogP contribution in [0.15, 0.2) is 0 Å². The second kappa shape index (κ2) is 8.51. The number of nitrogens with zero attached hydrogens (tertiary/aromatic N) is 1. The van der Waals surface area contributed by atoms with E-state index in [9.17, 15) is 14.7 Å². The quantitative estimate of drug-likeness (QED) is 0.753. The van der Waals surface area contributed by atoms with Gasteiger partial charge < -0.3 is 15.3 Å². The number of aliphatic hydroxyl groups is 1. The van der Waals surface area contributed by atoms with Crippen molar-refractivity contribution in [2.24, 2.45) is 17.3 Å². The fourth-order valence-corrected chi connectivity index (χ4v) is 2.93. The van der Waals surface area contributed by atoms with E-state index in [2.05, 4.69) is 5.32 Å². The van der Waals surface area contributed by atoms with E-state index in [-0.39, 0.29) is 35.7 Å². The molecule has 0 bridgehead atoms. The summed E-state index contributed by atoms with van der Waals surface area (Å²) in [6, 6.07) is 0. The van der Waals surface area contributed by atoms with Crippen LogP contribution in [-0.4, -0.2) is 48.1 Å². The molecule has 0 aromatic carbocycles. The molecule has 1 saturated heterocycles. The molecule has 2 N–H and O–H groups in total. The second-order valence-electron chi connectivity index (χ2n) is 6.84. The number of likely N-dealkylation sites (tertiary alicyclic amines) is 1. The molecule has 1 aliphatic heterocycles. The van der Waals surface area contributed by atoms with Crippen LogP contribution in [0.3, 0.4) is 0 Å². The highest BCUT2D eigenvalue weighted by molar-refractivity contribution is 5.80. The number of nitrogens with one attached hydrogen (secondary N) is 1. The summed E-state index contributed by atoms with van der Waals surface area (Å²) in [6.45, 7) is 9.87. The van der Waals surface area contributed by atoms with Gasteiger partial charge in [0.1, 0.15) is 0 Å². The molecule has 1 heterocycles. The smallest absolute Gasteiger partial charge is 0.225 e. The van der Waals surface area contributed by atoms with E-state index >= 15 is 0 Å². The van der Waals surface area contributed by atoms with Gasteiger partial charge in [-0.3, -0.25) is 9.59 Å². The summed E-state index contributed by atoms with van der Waals surface area (Å²) >= 11 is 0. The van der Waals surface area contributed by atoms with Gasteiger partial charge in [0, 0.05) is 36.9 Å². The maximum Gasteiger partial charge on any atom is 0.225 e. The van der Waals surface area contributed by atoms with Crippen LogP contribution in [0, 0.1) is 17.3 Å². The first-order valence-corrected chi connectivity index (χ1v) is 8.56. The zero-order chi connectivity index (χ0) is 16.8. The van der Waals surface area contributed by atoms with Gasteiger partial charge in [0.2, 0.25) is 11.8 Å². The Morgan fingerprint density at radius 1 is 1.23 bits per heavy atom. The Hall–Kier alpha value is -1.10. The van der Waals surface area contributed by atoms with E-state index in [1.165, 1.54) is 0 Å². The molecule has 0 saturated carbocycles. The molecule has 0 unspecified atom stereocenters. The van der Waals surface area contributed by atoms with Crippen LogP contribution in [-0.2, 0) is 9.59 Å². The molecule has 0 aromatic rings. The topological polar surface area (TPSA) is 69.6 Å². The van der Waals surface area contributed by atoms with E-state index in [4.69, 9.17) is 0 Å². The molecular weight excluding hydrogens is 280 g/mol. The summed E-state index contributed by atoms with van der Waals surface area (Å²) in [4.78, 5) is 26.1. The summed E-state index contributed by atoms with van der Waals surface area (Å²) in [5.41, 5.74) is -0.204. The van der Waals surface area contributed by atoms with E-state index in [1.54, 1.807) is 0 Å². The molecular formula is C17H32N2O3. The molecule has 0 aromatic heterocycles. The van der Waals surface area contributed by atoms with Crippen molar-refractivity contribution in [2.45, 2.75) is 53.4 Å². The van der Waals surface area contributed by atoms with Gasteiger partial charge in [-0.1, -0.05) is 27.7 Å². The fraction of sp³-hybridized carbons (Fsp3) is 0.882. The summed E-state index contributed by atoms with van der Waals surface area (Å²) in [5, 5.41) is 12.6. The number of rotatable bonds is 7. The van der Waals surface area contributed by atoms with Gasteiger partial charge in [-0.25, -0.2) is 0 Å². The lowest BCUT2D eigenvalue weighted by Gasteiger charge is -2.34. The lowest BCUT2D eigenvalue weighted by atomic mass is 9.83. The number of aliphatic hydroxyl groups excluding tert-OH is 1. The molecule has 22 heavy (non-hydrogen) atoms. The van der Waals surface area contributed by atoms with Crippen LogP contribution in [0.2, 0.25) is 0 Å². The van der Waals surface area contributed by atoms with Gasteiger partial charge >= 0.3 is 0 Å². The van der Waals surface area contributed by atoms with Crippen molar-refractivity contribution < 1.29 is 14.7 Å². The van der Waals surface area contributed by atoms with Crippen molar-refractivity contribution in [1.82, 2.24) is 10.2 Å². The number of piperidine rings is 1. The number of hydrogen-bond donors (Lipinski definition) is 2. The van der Waals surface area contributed by atoms with Gasteiger partial charge in [0.25, 0.3) is 0 Å². The molecule has 0 radical (unpaired) electrons. The predicted molar refractivity (Wildman–Crippen MR) is 87.3 cm³/mol. The second-order valence-corrected chi connectivity index (χ2v) is 6.84. The molecule has 1 fully saturated rings. The highest BCUT2D eigenvalue weighted by atomic mass is 16.3. The van der Waals surface area contributed by atoms with Crippen LogP contribution < -0.4 is 5.32 Å². The average molecular weight is 312 g/mol. The molecule has 2 amide bonds. The van der Waals surface area contributed by atoms with Crippen LogP contribution in [0.4, 0.5) is 0 Å². The van der Waals surface area contributed by atoms with Gasteiger partial charge in [-0.05, 0) is 25.7 Å². The Bertz CT molecular complexity index is 362. The minimum absolute atomic E-state index is 0.0127. The normalized spacial score (nSPS) is 16.9. The van der Waals surface area contributed by atoms with E-state index in [0.717, 1.165) is 25.7 Å². The van der Waals surface area contributed by atoms with E-state index in [1.807, 2.05) is 32.6 Å². The van der Waals surface area contributed by atoms with Crippen molar-refractivity contribution in [3.05, 3.63) is 0 Å². The number of amides is 2. The number of carbonyl (C=O) groups is 2. The summed E-state index contributed by atoms with van der Waals surface area (Å²) in [5.74, 6) is 0.248. The van der Waals surface area contributed by atoms with Crippen LogP contribution in [0.5, 0.6) is 0 Å². The third-order valence-corrected chi connectivity index (χ3v) is 5.14. The fourth-order valence-electron chi connectivity index (χ4n) is 2.93. The standard InChI is InChI=1S/C17H32N2O3/c1-5-17(6-2,12-20)11-18-15(21)14-7-9-19(10-8-14)16(22)13(3)4/h13-14,20H,5-12H2,1-4H3,(H,18,21). The zero-order valence-electron chi connectivity index (χ0n) is 14.5. The predicted octanol–water partition coefficient (Wildman–Crippen LogP) is 1.80. The Labute approximate surface area is 134 Å². The third kappa shape index (κ3) is 4.70. The molecule has 0 aliphatic carbocycles. The van der Waals surface area contributed by atoms with Gasteiger partial charge in [0.05, 0.1) is 6.61 Å². The monoisotopic (exact) mass is 312 g/mol. The van der Waals surface area contributed by atoms with E-state index < -0.39 is 0 Å².